The van der Waals surface area contributed by atoms with Crippen LogP contribution in [-0.4, -0.2) is 132 Å². The predicted octanol–water partition coefficient (Wildman–Crippen LogP) is 13.1. The zero-order chi connectivity index (χ0) is 70.5. The molecule has 0 radical (unpaired) electrons. The predicted molar refractivity (Wildman–Crippen MR) is 379 cm³/mol. The summed E-state index contributed by atoms with van der Waals surface area (Å²) in [5.74, 6) is -2.56. The summed E-state index contributed by atoms with van der Waals surface area (Å²) in [6, 6.07) is 20.8. The lowest BCUT2D eigenvalue weighted by Gasteiger charge is -2.51. The first kappa shape index (κ1) is 75.0. The van der Waals surface area contributed by atoms with Crippen molar-refractivity contribution in [1.82, 2.24) is 24.6 Å². The second-order valence-corrected chi connectivity index (χ2v) is 27.6. The van der Waals surface area contributed by atoms with Gasteiger partial charge in [0.2, 0.25) is 29.5 Å². The molecule has 4 aliphatic rings. The number of nitrogens with zero attached hydrogens (tertiary/aromatic N) is 7. The average Bonchev–Trinajstić information content (AvgIpc) is 0.744. The average molecular weight is 1350 g/mol. The van der Waals surface area contributed by atoms with E-state index in [4.69, 9.17) is 13.9 Å². The van der Waals surface area contributed by atoms with Gasteiger partial charge in [-0.25, -0.2) is 14.4 Å². The van der Waals surface area contributed by atoms with Gasteiger partial charge in [0.05, 0.1) is 30.2 Å². The van der Waals surface area contributed by atoms with Crippen molar-refractivity contribution in [2.75, 3.05) is 69.4 Å². The number of likely N-dealkylation sites (N-methyl/N-ethyl adjacent to an activating group) is 2. The molecule has 2 heterocycles. The van der Waals surface area contributed by atoms with E-state index in [1.54, 1.807) is 19.0 Å². The van der Waals surface area contributed by atoms with Crippen molar-refractivity contribution in [1.29, 1.82) is 0 Å². The molecule has 2 atom stereocenters. The molecule has 0 unspecified atom stereocenters. The summed E-state index contributed by atoms with van der Waals surface area (Å²) in [7, 11) is 4.71. The van der Waals surface area contributed by atoms with Gasteiger partial charge < -0.3 is 49.9 Å². The number of ether oxygens (including phenoxy) is 2. The summed E-state index contributed by atoms with van der Waals surface area (Å²) in [4.78, 5) is 128. The lowest BCUT2D eigenvalue weighted by Crippen LogP contribution is -2.47. The van der Waals surface area contributed by atoms with Crippen LogP contribution in [-0.2, 0) is 45.9 Å². The maximum atomic E-state index is 14.8. The van der Waals surface area contributed by atoms with Crippen LogP contribution in [0.4, 0.5) is 21.9 Å². The van der Waals surface area contributed by atoms with Crippen LogP contribution < -0.4 is 32.6 Å². The first-order valence-corrected chi connectivity index (χ1v) is 35.4. The molecule has 1 fully saturated rings. The third-order valence-corrected chi connectivity index (χ3v) is 19.1. The van der Waals surface area contributed by atoms with Gasteiger partial charge in [-0.3, -0.25) is 33.3 Å². The van der Waals surface area contributed by atoms with E-state index in [2.05, 4.69) is 75.5 Å². The van der Waals surface area contributed by atoms with E-state index in [9.17, 15) is 48.7 Å². The number of hydrogen-bond donors (Lipinski definition) is 4. The number of carbonyl (C=O) groups excluding carboxylic acids is 7. The lowest BCUT2D eigenvalue weighted by atomic mass is 9.51. The number of benzene rings is 4. The topological polar surface area (TPSA) is 297 Å². The van der Waals surface area contributed by atoms with E-state index < -0.39 is 52.4 Å². The number of hydrogen-bond acceptors (Lipinski definition) is 13. The zero-order valence-electron chi connectivity index (χ0n) is 58.7. The Morgan fingerprint density at radius 3 is 1.64 bits per heavy atom. The van der Waals surface area contributed by atoms with Crippen molar-refractivity contribution >= 4 is 69.5 Å². The Labute approximate surface area is 575 Å². The van der Waals surface area contributed by atoms with Crippen LogP contribution >= 0.6 is 0 Å². The summed E-state index contributed by atoms with van der Waals surface area (Å²) in [6.45, 7) is 10.9. The molecule has 5 aromatic rings. The highest BCUT2D eigenvalue weighted by molar-refractivity contribution is 6.01. The minimum Gasteiger partial charge on any atom is -0.444 e. The molecule has 1 aromatic heterocycles. The summed E-state index contributed by atoms with van der Waals surface area (Å²) in [5, 5.41) is 16.4. The number of fused-ring (bicyclic) bond motifs is 1. The van der Waals surface area contributed by atoms with Crippen molar-refractivity contribution in [3.05, 3.63) is 143 Å². The van der Waals surface area contributed by atoms with Gasteiger partial charge in [0.25, 0.3) is 5.91 Å². The van der Waals surface area contributed by atoms with E-state index in [0.717, 1.165) is 128 Å². The van der Waals surface area contributed by atoms with Crippen molar-refractivity contribution in [3.63, 3.8) is 0 Å². The zero-order valence-corrected chi connectivity index (χ0v) is 58.7. The summed E-state index contributed by atoms with van der Waals surface area (Å²) in [5.41, 5.74) is 14.9. The molecule has 0 saturated carbocycles. The van der Waals surface area contributed by atoms with Crippen molar-refractivity contribution in [2.24, 2.45) is 12.2 Å². The minimum atomic E-state index is -1.02. The van der Waals surface area contributed by atoms with Gasteiger partial charge in [-0.15, -0.1) is 0 Å². The molecule has 2 bridgehead atoms. The second kappa shape index (κ2) is 35.6. The van der Waals surface area contributed by atoms with E-state index >= 15 is 0 Å². The monoisotopic (exact) mass is 1350 g/mol. The summed E-state index contributed by atoms with van der Waals surface area (Å²) in [6.07, 6.45) is 17.7. The van der Waals surface area contributed by atoms with E-state index in [-0.39, 0.29) is 98.1 Å². The second-order valence-electron chi connectivity index (χ2n) is 27.6. The van der Waals surface area contributed by atoms with Gasteiger partial charge >= 0.3 is 17.5 Å². The van der Waals surface area contributed by atoms with Crippen LogP contribution in [0, 0.1) is 0 Å². The first-order valence-electron chi connectivity index (χ1n) is 35.4. The van der Waals surface area contributed by atoms with Crippen molar-refractivity contribution in [2.45, 2.75) is 211 Å². The Morgan fingerprint density at radius 2 is 1.14 bits per heavy atom. The van der Waals surface area contributed by atoms with Gasteiger partial charge in [0.1, 0.15) is 11.6 Å². The maximum Gasteiger partial charge on any atom is 0.422 e. The third kappa shape index (κ3) is 19.5. The highest BCUT2D eigenvalue weighted by Crippen LogP contribution is 2.62. The lowest BCUT2D eigenvalue weighted by molar-refractivity contribution is -0.134. The van der Waals surface area contributed by atoms with Gasteiger partial charge in [0.15, 0.2) is 0 Å². The fourth-order valence-electron chi connectivity index (χ4n) is 13.8. The van der Waals surface area contributed by atoms with Gasteiger partial charge in [-0.1, -0.05) is 121 Å². The normalized spacial score (nSPS) is 16.5. The smallest absolute Gasteiger partial charge is 0.422 e. The number of amides is 7. The van der Waals surface area contributed by atoms with Crippen LogP contribution in [0.25, 0.3) is 21.3 Å². The van der Waals surface area contributed by atoms with Gasteiger partial charge in [-0.2, -0.15) is 0 Å². The minimum absolute atomic E-state index is 0.0373. The van der Waals surface area contributed by atoms with E-state index in [0.29, 0.717) is 49.3 Å². The van der Waals surface area contributed by atoms with Crippen LogP contribution in [0.3, 0.4) is 0 Å². The number of anilines is 3. The van der Waals surface area contributed by atoms with Gasteiger partial charge in [0, 0.05) is 112 Å². The summed E-state index contributed by atoms with van der Waals surface area (Å²) < 4.78 is 17.3. The molecule has 7 amide bonds. The van der Waals surface area contributed by atoms with Crippen LogP contribution in [0.15, 0.2) is 91.9 Å². The SMILES string of the molecule is CCCCCCCCC(=O)Nc1ccc2c(c1)C1(CCC(=O)N(C)CCOCCN(C)C(=O)[C@@H]3C[C@H](N=[N+]=[N-])CN3C(=O)c3ccc4c(=O)oc(=O)n(C)c4c3)c3cc(NC(=O)CCCCCCCC)ccc3C2c2ccc(NC(=O)CCCCCCCNC(=O)OC(C)(C)C)cc21. The van der Waals surface area contributed by atoms with Crippen LogP contribution in [0.2, 0.25) is 0 Å². The molecule has 23 heteroatoms. The first-order chi connectivity index (χ1) is 47.1. The standard InChI is InChI=1S/C75H101N11O12/c1-9-11-13-15-18-22-26-64(87)78-51-30-34-55-59(45-51)75(38-37-67(90)83(6)40-42-96-43-41-84(7)70(92)63-48-54(81-82-76)49-86(63)69(91)50-29-33-58-62(44-50)85(8)73(95)97-71(58)93)60-46-52(79-65(88)27-23-19-16-14-12-10-2)31-35-56(60)68(55)57-36-32-53(47-61(57)75)80-66(89)28-24-20-17-21-25-39-77-72(94)98-74(3,4)5/h29-36,44-47,54,63,68H,9-28,37-43,48-49H2,1-8H3,(H,77,94)(H,78,87)(H,79,88)(H,80,89)/t54-,63-,68?,75?/m0/s1. The Balaban J connectivity index is 0.992. The summed E-state index contributed by atoms with van der Waals surface area (Å²) >= 11 is 0. The largest absolute Gasteiger partial charge is 0.444 e. The number of rotatable bonds is 37. The van der Waals surface area contributed by atoms with Crippen LogP contribution in [0.1, 0.15) is 232 Å². The highest BCUT2D eigenvalue weighted by atomic mass is 16.6. The van der Waals surface area contributed by atoms with Crippen molar-refractivity contribution in [3.8, 4) is 0 Å². The Morgan fingerprint density at radius 1 is 0.653 bits per heavy atom. The molecule has 1 aliphatic heterocycles. The fraction of sp³-hybridized carbons (Fsp3) is 0.560. The van der Waals surface area contributed by atoms with Gasteiger partial charge in [-0.05, 0) is 153 Å². The molecule has 98 heavy (non-hydrogen) atoms. The fourth-order valence-corrected chi connectivity index (χ4v) is 13.8. The number of nitrogens with one attached hydrogen (secondary N) is 4. The molecule has 528 valence electrons. The number of aryl methyl sites for hydroxylation is 1. The number of carbonyl (C=O) groups is 7. The van der Waals surface area contributed by atoms with Crippen molar-refractivity contribution < 1.29 is 47.5 Å². The molecule has 1 saturated heterocycles. The van der Waals surface area contributed by atoms with Crippen LogP contribution in [0.5, 0.6) is 0 Å². The molecule has 9 rings (SSSR count). The molecular weight excluding hydrogens is 1250 g/mol. The molecule has 3 aliphatic carbocycles. The molecular formula is C75H101N11O12. The number of azide groups is 1. The number of likely N-dealkylation sites (tertiary alicyclic amines) is 1. The Bertz CT molecular complexity index is 3750. The number of aromatic nitrogens is 1. The Hall–Kier alpha value is -8.82. The molecule has 0 spiro atoms. The number of unbranched alkanes of at least 4 members (excludes halogenated alkanes) is 14. The van der Waals surface area contributed by atoms with E-state index in [1.807, 2.05) is 45.0 Å². The molecule has 4 N–H and O–H groups in total. The molecule has 4 aromatic carbocycles. The highest BCUT2D eigenvalue weighted by Gasteiger charge is 2.52. The number of alkyl carbamates (subject to hydrolysis) is 1. The molecule has 23 nitrogen and oxygen atoms in total. The van der Waals surface area contributed by atoms with E-state index in [1.165, 1.54) is 47.9 Å². The maximum absolute atomic E-state index is 14.8. The Kier molecular flexibility index (Phi) is 27.2. The third-order valence-electron chi connectivity index (χ3n) is 19.1. The quantitative estimate of drug-likeness (QED) is 0.0125.